The van der Waals surface area contributed by atoms with Crippen molar-refractivity contribution in [3.05, 3.63) is 35.9 Å². The molecule has 0 bridgehead atoms. The second-order valence-electron chi connectivity index (χ2n) is 4.80. The van der Waals surface area contributed by atoms with Crippen molar-refractivity contribution in [1.82, 2.24) is 5.32 Å². The highest BCUT2D eigenvalue weighted by molar-refractivity contribution is 7.92. The Morgan fingerprint density at radius 3 is 2.50 bits per heavy atom. The molecule has 0 aromatic heterocycles. The Kier molecular flexibility index (Phi) is 5.14. The zero-order valence-corrected chi connectivity index (χ0v) is 12.1. The fraction of sp³-hybridized carbons (Fsp3) is 0.500. The Bertz CT molecular complexity index is 536. The van der Waals surface area contributed by atoms with Crippen LogP contribution in [0.25, 0.3) is 0 Å². The maximum Gasteiger partial charge on any atom is 0.251 e. The summed E-state index contributed by atoms with van der Waals surface area (Å²) in [6.45, 7) is 1.15. The summed E-state index contributed by atoms with van der Waals surface area (Å²) < 4.78 is 29.4. The second kappa shape index (κ2) is 6.85. The van der Waals surface area contributed by atoms with Crippen LogP contribution >= 0.6 is 0 Å². The van der Waals surface area contributed by atoms with Gasteiger partial charge in [0.05, 0.1) is 11.0 Å². The molecule has 0 aliphatic carbocycles. The zero-order chi connectivity index (χ0) is 14.4. The number of ether oxygens (including phenoxy) is 1. The van der Waals surface area contributed by atoms with E-state index < -0.39 is 9.84 Å². The smallest absolute Gasteiger partial charge is 0.251 e. The van der Waals surface area contributed by atoms with Crippen LogP contribution in [0, 0.1) is 0 Å². The molecule has 1 aromatic rings. The molecule has 5 nitrogen and oxygen atoms in total. The fourth-order valence-corrected chi connectivity index (χ4v) is 3.83. The third-order valence-electron chi connectivity index (χ3n) is 3.38. The molecule has 1 N–H and O–H groups in total. The van der Waals surface area contributed by atoms with Gasteiger partial charge in [-0.25, -0.2) is 8.42 Å². The molecule has 0 saturated carbocycles. The fourth-order valence-electron chi connectivity index (χ4n) is 2.20. The second-order valence-corrected chi connectivity index (χ2v) is 7.20. The molecule has 1 heterocycles. The molecular formula is C14H19NO4S. The third-order valence-corrected chi connectivity index (χ3v) is 5.64. The summed E-state index contributed by atoms with van der Waals surface area (Å²) >= 11 is 0. The first kappa shape index (κ1) is 15.0. The Balaban J connectivity index is 1.81. The summed E-state index contributed by atoms with van der Waals surface area (Å²) in [5.41, 5.74) is 0.538. The average Bonchev–Trinajstić information content (AvgIpc) is 2.49. The first-order chi connectivity index (χ1) is 9.59. The number of carbonyl (C=O) groups excluding carboxylic acids is 1. The average molecular weight is 297 g/mol. The predicted octanol–water partition coefficient (Wildman–Crippen LogP) is 1.01. The maximum atomic E-state index is 12.1. The van der Waals surface area contributed by atoms with Crippen LogP contribution in [-0.2, 0) is 14.6 Å². The van der Waals surface area contributed by atoms with E-state index in [-0.39, 0.29) is 23.5 Å². The van der Waals surface area contributed by atoms with Gasteiger partial charge in [-0.3, -0.25) is 4.79 Å². The van der Waals surface area contributed by atoms with E-state index in [0.29, 0.717) is 31.6 Å². The highest BCUT2D eigenvalue weighted by Crippen LogP contribution is 2.16. The van der Waals surface area contributed by atoms with Crippen molar-refractivity contribution in [2.45, 2.75) is 18.1 Å². The summed E-state index contributed by atoms with van der Waals surface area (Å²) in [4.78, 5) is 11.8. The van der Waals surface area contributed by atoms with Crippen LogP contribution in [0.15, 0.2) is 30.3 Å². The molecular weight excluding hydrogens is 278 g/mol. The predicted molar refractivity (Wildman–Crippen MR) is 76.4 cm³/mol. The lowest BCUT2D eigenvalue weighted by atomic mass is 10.2. The van der Waals surface area contributed by atoms with E-state index in [4.69, 9.17) is 4.74 Å². The molecule has 0 unspecified atom stereocenters. The van der Waals surface area contributed by atoms with Crippen LogP contribution < -0.4 is 5.32 Å². The van der Waals surface area contributed by atoms with Crippen LogP contribution in [-0.4, -0.2) is 45.1 Å². The van der Waals surface area contributed by atoms with Gasteiger partial charge < -0.3 is 10.1 Å². The summed E-state index contributed by atoms with van der Waals surface area (Å²) in [5, 5.41) is 2.32. The van der Waals surface area contributed by atoms with Crippen molar-refractivity contribution in [3.8, 4) is 0 Å². The summed E-state index contributed by atoms with van der Waals surface area (Å²) in [7, 11) is -3.16. The largest absolute Gasteiger partial charge is 0.381 e. The van der Waals surface area contributed by atoms with E-state index in [1.807, 2.05) is 6.07 Å². The molecule has 20 heavy (non-hydrogen) atoms. The van der Waals surface area contributed by atoms with Gasteiger partial charge >= 0.3 is 0 Å². The van der Waals surface area contributed by atoms with Gasteiger partial charge in [0.1, 0.15) is 0 Å². The van der Waals surface area contributed by atoms with Crippen LogP contribution in [0.3, 0.4) is 0 Å². The minimum atomic E-state index is -3.16. The maximum absolute atomic E-state index is 12.1. The topological polar surface area (TPSA) is 72.5 Å². The molecule has 0 spiro atoms. The standard InChI is InChI=1S/C14H19NO4S/c16-14(12-4-2-1-3-5-12)15-8-11-20(17,18)13-6-9-19-10-7-13/h1-5,13H,6-11H2,(H,15,16). The first-order valence-electron chi connectivity index (χ1n) is 6.72. The monoisotopic (exact) mass is 297 g/mol. The van der Waals surface area contributed by atoms with Gasteiger partial charge in [-0.2, -0.15) is 0 Å². The Labute approximate surface area is 119 Å². The number of hydrogen-bond acceptors (Lipinski definition) is 4. The van der Waals surface area contributed by atoms with E-state index in [2.05, 4.69) is 5.32 Å². The number of nitrogens with one attached hydrogen (secondary N) is 1. The van der Waals surface area contributed by atoms with E-state index in [1.54, 1.807) is 24.3 Å². The molecule has 0 radical (unpaired) electrons. The van der Waals surface area contributed by atoms with E-state index in [0.717, 1.165) is 0 Å². The first-order valence-corrected chi connectivity index (χ1v) is 8.44. The zero-order valence-electron chi connectivity index (χ0n) is 11.2. The van der Waals surface area contributed by atoms with Crippen molar-refractivity contribution in [2.75, 3.05) is 25.5 Å². The normalized spacial score (nSPS) is 16.8. The SMILES string of the molecule is O=C(NCCS(=O)(=O)C1CCOCC1)c1ccccc1. The third kappa shape index (κ3) is 4.05. The molecule has 0 atom stereocenters. The van der Waals surface area contributed by atoms with Crippen LogP contribution in [0.1, 0.15) is 23.2 Å². The highest BCUT2D eigenvalue weighted by atomic mass is 32.2. The van der Waals surface area contributed by atoms with Gasteiger partial charge in [0, 0.05) is 25.3 Å². The quantitative estimate of drug-likeness (QED) is 0.880. The molecule has 1 aliphatic rings. The van der Waals surface area contributed by atoms with Gasteiger partial charge in [-0.1, -0.05) is 18.2 Å². The Morgan fingerprint density at radius 1 is 1.20 bits per heavy atom. The van der Waals surface area contributed by atoms with Crippen LogP contribution in [0.2, 0.25) is 0 Å². The molecule has 1 aromatic carbocycles. The Morgan fingerprint density at radius 2 is 1.85 bits per heavy atom. The van der Waals surface area contributed by atoms with Crippen molar-refractivity contribution < 1.29 is 17.9 Å². The molecule has 1 fully saturated rings. The number of amides is 1. The van der Waals surface area contributed by atoms with Crippen molar-refractivity contribution in [2.24, 2.45) is 0 Å². The number of carbonyl (C=O) groups is 1. The number of sulfone groups is 1. The van der Waals surface area contributed by atoms with Crippen LogP contribution in [0.5, 0.6) is 0 Å². The van der Waals surface area contributed by atoms with Gasteiger partial charge in [-0.05, 0) is 25.0 Å². The number of hydrogen-bond donors (Lipinski definition) is 1. The van der Waals surface area contributed by atoms with E-state index in [9.17, 15) is 13.2 Å². The summed E-state index contributed by atoms with van der Waals surface area (Å²) in [5.74, 6) is -0.260. The lowest BCUT2D eigenvalue weighted by Gasteiger charge is -2.22. The molecule has 110 valence electrons. The number of benzene rings is 1. The minimum Gasteiger partial charge on any atom is -0.381 e. The molecule has 1 amide bonds. The van der Waals surface area contributed by atoms with Crippen molar-refractivity contribution in [1.29, 1.82) is 0 Å². The van der Waals surface area contributed by atoms with Gasteiger partial charge in [0.25, 0.3) is 5.91 Å². The summed E-state index contributed by atoms with van der Waals surface area (Å²) in [6, 6.07) is 8.76. The van der Waals surface area contributed by atoms with Crippen LogP contribution in [0.4, 0.5) is 0 Å². The van der Waals surface area contributed by atoms with E-state index in [1.165, 1.54) is 0 Å². The summed E-state index contributed by atoms with van der Waals surface area (Å²) in [6.07, 6.45) is 1.10. The molecule has 6 heteroatoms. The highest BCUT2D eigenvalue weighted by Gasteiger charge is 2.27. The van der Waals surface area contributed by atoms with Gasteiger partial charge in [-0.15, -0.1) is 0 Å². The van der Waals surface area contributed by atoms with Gasteiger partial charge in [0.15, 0.2) is 9.84 Å². The van der Waals surface area contributed by atoms with Crippen molar-refractivity contribution >= 4 is 15.7 Å². The van der Waals surface area contributed by atoms with Crippen molar-refractivity contribution in [3.63, 3.8) is 0 Å². The molecule has 1 saturated heterocycles. The lowest BCUT2D eigenvalue weighted by Crippen LogP contribution is -2.35. The molecule has 1 aliphatic heterocycles. The van der Waals surface area contributed by atoms with Gasteiger partial charge in [0.2, 0.25) is 0 Å². The van der Waals surface area contributed by atoms with E-state index >= 15 is 0 Å². The Hall–Kier alpha value is -1.40. The lowest BCUT2D eigenvalue weighted by molar-refractivity contribution is 0.0954. The minimum absolute atomic E-state index is 0.0176. The molecule has 2 rings (SSSR count). The number of rotatable bonds is 5.